The van der Waals surface area contributed by atoms with Gasteiger partial charge >= 0.3 is 0 Å². The first-order valence-corrected chi connectivity index (χ1v) is 7.07. The third kappa shape index (κ3) is 8.12. The van der Waals surface area contributed by atoms with Gasteiger partial charge < -0.3 is 10.1 Å². The second-order valence-electron chi connectivity index (χ2n) is 4.70. The van der Waals surface area contributed by atoms with Crippen LogP contribution in [0.5, 0.6) is 0 Å². The minimum Gasteiger partial charge on any atom is -0.381 e. The number of ether oxygens (including phenoxy) is 1. The van der Waals surface area contributed by atoms with Crippen molar-refractivity contribution in [3.05, 3.63) is 0 Å². The molecule has 0 saturated heterocycles. The molecule has 0 bridgehead atoms. The molecule has 0 amide bonds. The van der Waals surface area contributed by atoms with Crippen LogP contribution in [0.25, 0.3) is 0 Å². The number of rotatable bonds is 11. The quantitative estimate of drug-likeness (QED) is 0.547. The lowest BCUT2D eigenvalue weighted by molar-refractivity contribution is 0.113. The molecule has 2 nitrogen and oxygen atoms in total. The fourth-order valence-corrected chi connectivity index (χ4v) is 1.90. The molecule has 0 fully saturated rings. The number of unbranched alkanes of at least 4 members (excludes halogenated alkanes) is 1. The Kier molecular flexibility index (Phi) is 11.3. The normalized spacial score (nSPS) is 15.0. The summed E-state index contributed by atoms with van der Waals surface area (Å²) in [5, 5.41) is 3.62. The van der Waals surface area contributed by atoms with E-state index < -0.39 is 0 Å². The minimum atomic E-state index is 0.662. The summed E-state index contributed by atoms with van der Waals surface area (Å²) in [5.41, 5.74) is 0. The van der Waals surface area contributed by atoms with E-state index in [1.807, 2.05) is 0 Å². The second kappa shape index (κ2) is 11.4. The van der Waals surface area contributed by atoms with E-state index in [0.29, 0.717) is 6.04 Å². The molecule has 0 spiro atoms. The van der Waals surface area contributed by atoms with Gasteiger partial charge in [0.15, 0.2) is 0 Å². The Balaban J connectivity index is 3.54. The van der Waals surface area contributed by atoms with Crippen LogP contribution in [0, 0.1) is 5.92 Å². The minimum absolute atomic E-state index is 0.662. The van der Waals surface area contributed by atoms with E-state index >= 15 is 0 Å². The Morgan fingerprint density at radius 3 is 2.38 bits per heavy atom. The molecular weight excluding hydrogens is 198 g/mol. The van der Waals surface area contributed by atoms with Crippen molar-refractivity contribution in [2.24, 2.45) is 5.92 Å². The van der Waals surface area contributed by atoms with Crippen LogP contribution in [-0.4, -0.2) is 25.8 Å². The SMILES string of the molecule is CCCCOCCC(C)C(CC)NCCC. The fraction of sp³-hybridized carbons (Fsp3) is 1.00. The lowest BCUT2D eigenvalue weighted by Gasteiger charge is -2.23. The van der Waals surface area contributed by atoms with E-state index in [4.69, 9.17) is 4.74 Å². The van der Waals surface area contributed by atoms with E-state index in [1.54, 1.807) is 0 Å². The average Bonchev–Trinajstić information content (AvgIpc) is 2.30. The van der Waals surface area contributed by atoms with Crippen LogP contribution in [0.4, 0.5) is 0 Å². The van der Waals surface area contributed by atoms with Crippen molar-refractivity contribution in [3.8, 4) is 0 Å². The van der Waals surface area contributed by atoms with Crippen molar-refractivity contribution >= 4 is 0 Å². The molecular formula is C14H31NO. The van der Waals surface area contributed by atoms with Crippen LogP contribution < -0.4 is 5.32 Å². The van der Waals surface area contributed by atoms with Gasteiger partial charge in [0.1, 0.15) is 0 Å². The summed E-state index contributed by atoms with van der Waals surface area (Å²) in [7, 11) is 0. The largest absolute Gasteiger partial charge is 0.381 e. The smallest absolute Gasteiger partial charge is 0.0469 e. The highest BCUT2D eigenvalue weighted by Crippen LogP contribution is 2.11. The summed E-state index contributed by atoms with van der Waals surface area (Å²) < 4.78 is 5.62. The number of hydrogen-bond acceptors (Lipinski definition) is 2. The Bertz CT molecular complexity index is 139. The summed E-state index contributed by atoms with van der Waals surface area (Å²) in [4.78, 5) is 0. The maximum Gasteiger partial charge on any atom is 0.0469 e. The van der Waals surface area contributed by atoms with Crippen LogP contribution in [0.2, 0.25) is 0 Å². The molecule has 2 heteroatoms. The number of hydrogen-bond donors (Lipinski definition) is 1. The number of nitrogens with one attached hydrogen (secondary N) is 1. The lowest BCUT2D eigenvalue weighted by Crippen LogP contribution is -2.35. The zero-order valence-corrected chi connectivity index (χ0v) is 11.7. The highest BCUT2D eigenvalue weighted by atomic mass is 16.5. The molecule has 0 aliphatic carbocycles. The van der Waals surface area contributed by atoms with E-state index in [0.717, 1.165) is 25.7 Å². The second-order valence-corrected chi connectivity index (χ2v) is 4.70. The van der Waals surface area contributed by atoms with Gasteiger partial charge in [0, 0.05) is 19.3 Å². The van der Waals surface area contributed by atoms with Gasteiger partial charge in [-0.2, -0.15) is 0 Å². The summed E-state index contributed by atoms with van der Waals surface area (Å²) in [6.07, 6.45) is 6.04. The molecule has 0 rings (SSSR count). The molecule has 0 saturated carbocycles. The third-order valence-electron chi connectivity index (χ3n) is 3.14. The van der Waals surface area contributed by atoms with Gasteiger partial charge in [-0.3, -0.25) is 0 Å². The van der Waals surface area contributed by atoms with Crippen LogP contribution in [-0.2, 0) is 4.74 Å². The van der Waals surface area contributed by atoms with Gasteiger partial charge in [0.25, 0.3) is 0 Å². The van der Waals surface area contributed by atoms with E-state index in [9.17, 15) is 0 Å². The molecule has 0 aromatic carbocycles. The first-order chi connectivity index (χ1) is 7.76. The molecule has 0 aromatic rings. The Morgan fingerprint density at radius 1 is 1.06 bits per heavy atom. The average molecular weight is 229 g/mol. The van der Waals surface area contributed by atoms with E-state index in [1.165, 1.54) is 32.1 Å². The summed E-state index contributed by atoms with van der Waals surface area (Å²) in [6.45, 7) is 12.0. The maximum absolute atomic E-state index is 5.62. The monoisotopic (exact) mass is 229 g/mol. The van der Waals surface area contributed by atoms with Crippen molar-refractivity contribution in [2.75, 3.05) is 19.8 Å². The predicted molar refractivity (Wildman–Crippen MR) is 71.9 cm³/mol. The molecule has 0 aromatic heterocycles. The van der Waals surface area contributed by atoms with E-state index in [2.05, 4.69) is 33.0 Å². The zero-order valence-electron chi connectivity index (χ0n) is 11.7. The molecule has 98 valence electrons. The van der Waals surface area contributed by atoms with Gasteiger partial charge in [-0.05, 0) is 38.1 Å². The summed E-state index contributed by atoms with van der Waals surface area (Å²) in [6, 6.07) is 0.662. The molecule has 0 aliphatic rings. The molecule has 0 aliphatic heterocycles. The van der Waals surface area contributed by atoms with Gasteiger partial charge in [-0.25, -0.2) is 0 Å². The van der Waals surface area contributed by atoms with Crippen molar-refractivity contribution in [3.63, 3.8) is 0 Å². The molecule has 0 heterocycles. The lowest BCUT2D eigenvalue weighted by atomic mass is 9.96. The zero-order chi connectivity index (χ0) is 12.2. The molecule has 1 N–H and O–H groups in total. The van der Waals surface area contributed by atoms with Crippen LogP contribution >= 0.6 is 0 Å². The standard InChI is InChI=1S/C14H31NO/c1-5-8-11-16-12-9-13(4)14(7-3)15-10-6-2/h13-15H,5-12H2,1-4H3. The van der Waals surface area contributed by atoms with Gasteiger partial charge in [0.2, 0.25) is 0 Å². The molecule has 2 unspecified atom stereocenters. The highest BCUT2D eigenvalue weighted by Gasteiger charge is 2.13. The highest BCUT2D eigenvalue weighted by molar-refractivity contribution is 4.71. The summed E-state index contributed by atoms with van der Waals surface area (Å²) >= 11 is 0. The molecule has 0 radical (unpaired) electrons. The third-order valence-corrected chi connectivity index (χ3v) is 3.14. The summed E-state index contributed by atoms with van der Waals surface area (Å²) in [5.74, 6) is 0.721. The fourth-order valence-electron chi connectivity index (χ4n) is 1.90. The molecule has 16 heavy (non-hydrogen) atoms. The van der Waals surface area contributed by atoms with Crippen molar-refractivity contribution in [1.29, 1.82) is 0 Å². The van der Waals surface area contributed by atoms with Crippen LogP contribution in [0.3, 0.4) is 0 Å². The predicted octanol–water partition coefficient (Wildman–Crippen LogP) is 3.61. The van der Waals surface area contributed by atoms with Gasteiger partial charge in [0.05, 0.1) is 0 Å². The molecule has 2 atom stereocenters. The Morgan fingerprint density at radius 2 is 1.81 bits per heavy atom. The first-order valence-electron chi connectivity index (χ1n) is 7.07. The van der Waals surface area contributed by atoms with Crippen molar-refractivity contribution in [2.45, 2.75) is 65.8 Å². The van der Waals surface area contributed by atoms with Gasteiger partial charge in [-0.1, -0.05) is 34.1 Å². The van der Waals surface area contributed by atoms with E-state index in [-0.39, 0.29) is 0 Å². The van der Waals surface area contributed by atoms with Crippen molar-refractivity contribution < 1.29 is 4.74 Å². The Hall–Kier alpha value is -0.0800. The Labute approximate surface area is 102 Å². The van der Waals surface area contributed by atoms with Crippen molar-refractivity contribution in [1.82, 2.24) is 5.32 Å². The first kappa shape index (κ1) is 15.9. The maximum atomic E-state index is 5.62. The van der Waals surface area contributed by atoms with Crippen LogP contribution in [0.15, 0.2) is 0 Å². The van der Waals surface area contributed by atoms with Crippen LogP contribution in [0.1, 0.15) is 59.8 Å². The van der Waals surface area contributed by atoms with Gasteiger partial charge in [-0.15, -0.1) is 0 Å². The topological polar surface area (TPSA) is 21.3 Å².